The van der Waals surface area contributed by atoms with Gasteiger partial charge in [-0.1, -0.05) is 0 Å². The van der Waals surface area contributed by atoms with Crippen molar-refractivity contribution in [1.29, 1.82) is 0 Å². The minimum atomic E-state index is -0.932. The maximum absolute atomic E-state index is 12.6. The number of piperidine rings is 1. The van der Waals surface area contributed by atoms with Crippen molar-refractivity contribution >= 4 is 12.0 Å². The van der Waals surface area contributed by atoms with Gasteiger partial charge in [-0.2, -0.15) is 0 Å². The van der Waals surface area contributed by atoms with Crippen LogP contribution in [-0.4, -0.2) is 55.9 Å². The number of rotatable bonds is 3. The zero-order valence-electron chi connectivity index (χ0n) is 13.9. The van der Waals surface area contributed by atoms with E-state index in [9.17, 15) is 9.59 Å². The predicted molar refractivity (Wildman–Crippen MR) is 82.5 cm³/mol. The van der Waals surface area contributed by atoms with Gasteiger partial charge < -0.3 is 19.7 Å². The Bertz CT molecular complexity index is 397. The number of methoxy groups -OCH3 is 1. The number of nitrogens with zero attached hydrogens (tertiary/aromatic N) is 1. The first-order valence-electron chi connectivity index (χ1n) is 8.17. The monoisotopic (exact) mass is 312 g/mol. The van der Waals surface area contributed by atoms with E-state index in [-0.39, 0.29) is 5.91 Å². The standard InChI is InChI=1S/C16H28N2O4/c1-16(2,17-15(20)21-3)14(19)18-8-4-12(5-9-18)13-6-10-22-11-7-13/h12-13H,4-11H2,1-3H3,(H,17,20). The number of likely N-dealkylation sites (tertiary alicyclic amines) is 1. The van der Waals surface area contributed by atoms with Crippen molar-refractivity contribution in [2.45, 2.75) is 45.1 Å². The van der Waals surface area contributed by atoms with Gasteiger partial charge in [-0.05, 0) is 51.4 Å². The van der Waals surface area contributed by atoms with E-state index in [1.165, 1.54) is 7.11 Å². The van der Waals surface area contributed by atoms with E-state index in [0.717, 1.165) is 57.9 Å². The highest BCUT2D eigenvalue weighted by molar-refractivity contribution is 5.89. The molecule has 2 rings (SSSR count). The van der Waals surface area contributed by atoms with Crippen molar-refractivity contribution < 1.29 is 19.1 Å². The van der Waals surface area contributed by atoms with Gasteiger partial charge in [-0.25, -0.2) is 4.79 Å². The van der Waals surface area contributed by atoms with Crippen molar-refractivity contribution in [3.05, 3.63) is 0 Å². The summed E-state index contributed by atoms with van der Waals surface area (Å²) in [5, 5.41) is 2.61. The minimum absolute atomic E-state index is 0.0386. The number of carbonyl (C=O) groups is 2. The molecule has 2 aliphatic rings. The van der Waals surface area contributed by atoms with Crippen LogP contribution in [0.3, 0.4) is 0 Å². The molecule has 0 saturated carbocycles. The Hall–Kier alpha value is -1.30. The Morgan fingerprint density at radius 1 is 1.09 bits per heavy atom. The van der Waals surface area contributed by atoms with Crippen molar-refractivity contribution in [3.8, 4) is 0 Å². The van der Waals surface area contributed by atoms with E-state index in [1.807, 2.05) is 4.90 Å². The van der Waals surface area contributed by atoms with Crippen molar-refractivity contribution in [2.75, 3.05) is 33.4 Å². The molecule has 0 aliphatic carbocycles. The number of alkyl carbamates (subject to hydrolysis) is 1. The second-order valence-corrected chi connectivity index (χ2v) is 6.82. The lowest BCUT2D eigenvalue weighted by Crippen LogP contribution is -2.57. The summed E-state index contributed by atoms with van der Waals surface area (Å²) in [6.45, 7) is 6.73. The maximum atomic E-state index is 12.6. The van der Waals surface area contributed by atoms with Gasteiger partial charge in [0.1, 0.15) is 5.54 Å². The van der Waals surface area contributed by atoms with Gasteiger partial charge in [-0.15, -0.1) is 0 Å². The van der Waals surface area contributed by atoms with Crippen LogP contribution in [-0.2, 0) is 14.3 Å². The van der Waals surface area contributed by atoms with Gasteiger partial charge in [0.15, 0.2) is 0 Å². The van der Waals surface area contributed by atoms with Gasteiger partial charge in [0.25, 0.3) is 0 Å². The van der Waals surface area contributed by atoms with Gasteiger partial charge in [0.05, 0.1) is 7.11 Å². The lowest BCUT2D eigenvalue weighted by atomic mass is 9.80. The van der Waals surface area contributed by atoms with Crippen LogP contribution in [0.4, 0.5) is 4.79 Å². The van der Waals surface area contributed by atoms with Crippen LogP contribution in [0.2, 0.25) is 0 Å². The first kappa shape index (κ1) is 17.1. The van der Waals surface area contributed by atoms with Crippen LogP contribution < -0.4 is 5.32 Å². The summed E-state index contributed by atoms with van der Waals surface area (Å²) in [6.07, 6.45) is 3.81. The van der Waals surface area contributed by atoms with Crippen LogP contribution in [0.15, 0.2) is 0 Å². The molecule has 2 heterocycles. The zero-order valence-corrected chi connectivity index (χ0v) is 13.9. The number of ether oxygens (including phenoxy) is 2. The molecule has 0 bridgehead atoms. The zero-order chi connectivity index (χ0) is 16.2. The normalized spacial score (nSPS) is 21.5. The topological polar surface area (TPSA) is 67.9 Å². The van der Waals surface area contributed by atoms with Gasteiger partial charge in [0, 0.05) is 26.3 Å². The quantitative estimate of drug-likeness (QED) is 0.862. The number of hydrogen-bond acceptors (Lipinski definition) is 4. The second-order valence-electron chi connectivity index (χ2n) is 6.82. The smallest absolute Gasteiger partial charge is 0.407 e. The third-order valence-corrected chi connectivity index (χ3v) is 4.89. The molecule has 2 fully saturated rings. The van der Waals surface area contributed by atoms with E-state index in [4.69, 9.17) is 4.74 Å². The summed E-state index contributed by atoms with van der Waals surface area (Å²) < 4.78 is 10.0. The fraction of sp³-hybridized carbons (Fsp3) is 0.875. The average Bonchev–Trinajstić information content (AvgIpc) is 2.54. The lowest BCUT2D eigenvalue weighted by molar-refractivity contribution is -0.138. The van der Waals surface area contributed by atoms with E-state index < -0.39 is 11.6 Å². The molecule has 2 aliphatic heterocycles. The fourth-order valence-corrected chi connectivity index (χ4v) is 3.52. The van der Waals surface area contributed by atoms with Gasteiger partial charge in [-0.3, -0.25) is 4.79 Å². The van der Waals surface area contributed by atoms with E-state index in [2.05, 4.69) is 10.1 Å². The molecule has 2 amide bonds. The molecule has 0 aromatic rings. The molecule has 126 valence electrons. The molecule has 0 aromatic carbocycles. The number of amides is 2. The lowest BCUT2D eigenvalue weighted by Gasteiger charge is -2.40. The summed E-state index contributed by atoms with van der Waals surface area (Å²) in [7, 11) is 1.30. The van der Waals surface area contributed by atoms with Gasteiger partial charge >= 0.3 is 6.09 Å². The first-order chi connectivity index (χ1) is 10.4. The third-order valence-electron chi connectivity index (χ3n) is 4.89. The average molecular weight is 312 g/mol. The molecule has 0 unspecified atom stereocenters. The van der Waals surface area contributed by atoms with E-state index in [1.54, 1.807) is 13.8 Å². The minimum Gasteiger partial charge on any atom is -0.453 e. The molecule has 22 heavy (non-hydrogen) atoms. The van der Waals surface area contributed by atoms with Crippen LogP contribution in [0.5, 0.6) is 0 Å². The molecule has 0 spiro atoms. The van der Waals surface area contributed by atoms with Crippen LogP contribution in [0.25, 0.3) is 0 Å². The Labute approximate surface area is 132 Å². The Morgan fingerprint density at radius 3 is 2.18 bits per heavy atom. The van der Waals surface area contributed by atoms with E-state index >= 15 is 0 Å². The summed E-state index contributed by atoms with van der Waals surface area (Å²) in [5.41, 5.74) is -0.932. The van der Waals surface area contributed by atoms with Crippen molar-refractivity contribution in [3.63, 3.8) is 0 Å². The first-order valence-corrected chi connectivity index (χ1v) is 8.17. The van der Waals surface area contributed by atoms with Crippen LogP contribution in [0, 0.1) is 11.8 Å². The van der Waals surface area contributed by atoms with Crippen LogP contribution >= 0.6 is 0 Å². The molecule has 0 aromatic heterocycles. The number of nitrogens with one attached hydrogen (secondary N) is 1. The van der Waals surface area contributed by atoms with E-state index in [0.29, 0.717) is 5.92 Å². The molecule has 0 radical (unpaired) electrons. The Kier molecular flexibility index (Phi) is 5.67. The summed E-state index contributed by atoms with van der Waals surface area (Å²) >= 11 is 0. The SMILES string of the molecule is COC(=O)NC(C)(C)C(=O)N1CCC(C2CCOCC2)CC1. The molecule has 1 N–H and O–H groups in total. The third kappa shape index (κ3) is 4.12. The summed E-state index contributed by atoms with van der Waals surface area (Å²) in [5.74, 6) is 1.40. The summed E-state index contributed by atoms with van der Waals surface area (Å²) in [6, 6.07) is 0. The fourth-order valence-electron chi connectivity index (χ4n) is 3.52. The maximum Gasteiger partial charge on any atom is 0.407 e. The van der Waals surface area contributed by atoms with Crippen LogP contribution in [0.1, 0.15) is 39.5 Å². The second kappa shape index (κ2) is 7.31. The summed E-state index contributed by atoms with van der Waals surface area (Å²) in [4.78, 5) is 25.8. The predicted octanol–water partition coefficient (Wildman–Crippen LogP) is 1.79. The molecule has 0 atom stereocenters. The molecular formula is C16H28N2O4. The highest BCUT2D eigenvalue weighted by atomic mass is 16.5. The Morgan fingerprint density at radius 2 is 1.64 bits per heavy atom. The highest BCUT2D eigenvalue weighted by Crippen LogP contribution is 2.32. The van der Waals surface area contributed by atoms with Crippen molar-refractivity contribution in [2.24, 2.45) is 11.8 Å². The highest BCUT2D eigenvalue weighted by Gasteiger charge is 2.37. The number of carbonyl (C=O) groups excluding carboxylic acids is 2. The van der Waals surface area contributed by atoms with Crippen molar-refractivity contribution in [1.82, 2.24) is 10.2 Å². The molecule has 2 saturated heterocycles. The molecular weight excluding hydrogens is 284 g/mol. The molecule has 6 nitrogen and oxygen atoms in total. The Balaban J connectivity index is 1.84. The largest absolute Gasteiger partial charge is 0.453 e. The van der Waals surface area contributed by atoms with Gasteiger partial charge in [0.2, 0.25) is 5.91 Å². The number of hydrogen-bond donors (Lipinski definition) is 1. The molecule has 6 heteroatoms.